The summed E-state index contributed by atoms with van der Waals surface area (Å²) in [7, 11) is 3.03. The average molecular weight is 547 g/mol. The van der Waals surface area contributed by atoms with Gasteiger partial charge in [0.25, 0.3) is 11.8 Å². The number of methoxy groups -OCH3 is 2. The third-order valence-corrected chi connectivity index (χ3v) is 6.23. The Morgan fingerprint density at radius 1 is 0.897 bits per heavy atom. The van der Waals surface area contributed by atoms with Crippen molar-refractivity contribution in [3.63, 3.8) is 0 Å². The molecule has 0 aromatic heterocycles. The number of hydrogen-bond acceptors (Lipinski definition) is 7. The molecule has 3 rings (SSSR count). The summed E-state index contributed by atoms with van der Waals surface area (Å²) in [4.78, 5) is 38.6. The number of para-hydroxylation sites is 1. The van der Waals surface area contributed by atoms with Gasteiger partial charge in [-0.3, -0.25) is 9.59 Å². The molecular formula is C30H30N2O6S. The first-order chi connectivity index (χ1) is 18.9. The third-order valence-electron chi connectivity index (χ3n) is 5.26. The van der Waals surface area contributed by atoms with E-state index in [-0.39, 0.29) is 11.7 Å². The molecule has 0 fully saturated rings. The Bertz CT molecular complexity index is 1340. The van der Waals surface area contributed by atoms with Crippen molar-refractivity contribution >= 4 is 41.3 Å². The number of thioether (sulfide) groups is 1. The van der Waals surface area contributed by atoms with Gasteiger partial charge in [0.2, 0.25) is 0 Å². The minimum atomic E-state index is -0.512. The average Bonchev–Trinajstić information content (AvgIpc) is 2.96. The van der Waals surface area contributed by atoms with Gasteiger partial charge in [-0.2, -0.15) is 0 Å². The lowest BCUT2D eigenvalue weighted by Gasteiger charge is -2.14. The number of anilines is 1. The number of ether oxygens (including phenoxy) is 3. The highest BCUT2D eigenvalue weighted by Gasteiger charge is 2.17. The maximum Gasteiger partial charge on any atom is 0.330 e. The molecule has 0 bridgehead atoms. The molecule has 0 spiro atoms. The number of carbonyl (C=O) groups is 3. The largest absolute Gasteiger partial charge is 0.493 e. The van der Waals surface area contributed by atoms with Gasteiger partial charge in [-0.15, -0.1) is 11.8 Å². The van der Waals surface area contributed by atoms with Crippen molar-refractivity contribution in [1.29, 1.82) is 0 Å². The molecule has 0 saturated carbocycles. The maximum atomic E-state index is 13.3. The standard InChI is InChI=1S/C30H30N2O6S/c1-4-38-27(33)14-9-19-39-24-17-15-23(16-18-24)31-30(35)25(32-29(34)21-10-6-5-7-11-21)20-22-12-8-13-26(36-2)28(22)37-3/h5-18,20H,4,19H2,1-3H3,(H,31,35)(H,32,34)/b14-9+,25-20-. The van der Waals surface area contributed by atoms with Gasteiger partial charge in [-0.1, -0.05) is 36.4 Å². The molecule has 39 heavy (non-hydrogen) atoms. The van der Waals surface area contributed by atoms with Crippen LogP contribution in [0.4, 0.5) is 5.69 Å². The zero-order chi connectivity index (χ0) is 28.0. The molecular weight excluding hydrogens is 516 g/mol. The summed E-state index contributed by atoms with van der Waals surface area (Å²) in [6.45, 7) is 2.09. The van der Waals surface area contributed by atoms with E-state index in [1.165, 1.54) is 38.1 Å². The van der Waals surface area contributed by atoms with E-state index >= 15 is 0 Å². The van der Waals surface area contributed by atoms with Crippen molar-refractivity contribution in [1.82, 2.24) is 5.32 Å². The van der Waals surface area contributed by atoms with Crippen molar-refractivity contribution in [2.45, 2.75) is 11.8 Å². The lowest BCUT2D eigenvalue weighted by atomic mass is 10.1. The molecule has 0 heterocycles. The molecule has 0 aliphatic heterocycles. The van der Waals surface area contributed by atoms with E-state index in [1.54, 1.807) is 73.7 Å². The summed E-state index contributed by atoms with van der Waals surface area (Å²) in [6.07, 6.45) is 4.68. The molecule has 8 nitrogen and oxygen atoms in total. The van der Waals surface area contributed by atoms with Crippen molar-refractivity contribution in [3.8, 4) is 11.5 Å². The van der Waals surface area contributed by atoms with Crippen LogP contribution in [0.25, 0.3) is 6.08 Å². The van der Waals surface area contributed by atoms with Crippen molar-refractivity contribution in [3.05, 3.63) is 102 Å². The summed E-state index contributed by atoms with van der Waals surface area (Å²) < 4.78 is 15.7. The summed E-state index contributed by atoms with van der Waals surface area (Å²) in [5.41, 5.74) is 1.53. The van der Waals surface area contributed by atoms with Crippen molar-refractivity contribution in [2.24, 2.45) is 0 Å². The Morgan fingerprint density at radius 3 is 2.31 bits per heavy atom. The van der Waals surface area contributed by atoms with Gasteiger partial charge in [0, 0.05) is 33.5 Å². The fourth-order valence-electron chi connectivity index (χ4n) is 3.44. The van der Waals surface area contributed by atoms with Crippen molar-refractivity contribution < 1.29 is 28.6 Å². The fraction of sp³-hybridized carbons (Fsp3) is 0.167. The van der Waals surface area contributed by atoms with Crippen LogP contribution in [0.5, 0.6) is 11.5 Å². The molecule has 2 N–H and O–H groups in total. The number of carbonyl (C=O) groups excluding carboxylic acids is 3. The number of nitrogens with one attached hydrogen (secondary N) is 2. The quantitative estimate of drug-likeness (QED) is 0.180. The number of rotatable bonds is 12. The highest BCUT2D eigenvalue weighted by molar-refractivity contribution is 7.99. The topological polar surface area (TPSA) is 103 Å². The first-order valence-corrected chi connectivity index (χ1v) is 13.1. The SMILES string of the molecule is CCOC(=O)/C=C/CSc1ccc(NC(=O)/C(=C/c2cccc(OC)c2OC)NC(=O)c2ccccc2)cc1. The van der Waals surface area contributed by atoms with Crippen LogP contribution >= 0.6 is 11.8 Å². The summed E-state index contributed by atoms with van der Waals surface area (Å²) in [5.74, 6) is 0.197. The molecule has 0 unspecified atom stereocenters. The lowest BCUT2D eigenvalue weighted by Crippen LogP contribution is -2.30. The smallest absolute Gasteiger partial charge is 0.330 e. The molecule has 0 radical (unpaired) electrons. The molecule has 0 saturated heterocycles. The Hall–Kier alpha value is -4.50. The third kappa shape index (κ3) is 8.79. The minimum Gasteiger partial charge on any atom is -0.493 e. The molecule has 9 heteroatoms. The van der Waals surface area contributed by atoms with Gasteiger partial charge in [0.05, 0.1) is 20.8 Å². The minimum absolute atomic E-state index is 0.0259. The van der Waals surface area contributed by atoms with E-state index in [2.05, 4.69) is 10.6 Å². The zero-order valence-corrected chi connectivity index (χ0v) is 22.7. The lowest BCUT2D eigenvalue weighted by molar-refractivity contribution is -0.137. The second kappa shape index (κ2) is 15.0. The van der Waals surface area contributed by atoms with Crippen LogP contribution < -0.4 is 20.1 Å². The fourth-order valence-corrected chi connectivity index (χ4v) is 4.15. The molecule has 0 aliphatic carbocycles. The van der Waals surface area contributed by atoms with Crippen LogP contribution in [0.15, 0.2) is 95.5 Å². The van der Waals surface area contributed by atoms with Gasteiger partial charge in [-0.05, 0) is 55.5 Å². The maximum absolute atomic E-state index is 13.3. The molecule has 3 aromatic rings. The van der Waals surface area contributed by atoms with E-state index in [4.69, 9.17) is 14.2 Å². The second-order valence-electron chi connectivity index (χ2n) is 7.90. The normalized spacial score (nSPS) is 11.1. The summed E-state index contributed by atoms with van der Waals surface area (Å²) in [5, 5.41) is 5.55. The second-order valence-corrected chi connectivity index (χ2v) is 9.00. The Morgan fingerprint density at radius 2 is 1.64 bits per heavy atom. The van der Waals surface area contributed by atoms with E-state index in [0.29, 0.717) is 40.7 Å². The number of esters is 1. The van der Waals surface area contributed by atoms with E-state index in [0.717, 1.165) is 4.90 Å². The van der Waals surface area contributed by atoms with Crippen LogP contribution in [0.3, 0.4) is 0 Å². The van der Waals surface area contributed by atoms with Crippen LogP contribution in [-0.2, 0) is 14.3 Å². The van der Waals surface area contributed by atoms with E-state index in [1.807, 2.05) is 12.1 Å². The highest BCUT2D eigenvalue weighted by Crippen LogP contribution is 2.32. The van der Waals surface area contributed by atoms with Gasteiger partial charge >= 0.3 is 5.97 Å². The highest BCUT2D eigenvalue weighted by atomic mass is 32.2. The first kappa shape index (κ1) is 29.1. The van der Waals surface area contributed by atoms with Gasteiger partial charge < -0.3 is 24.8 Å². The number of hydrogen-bond donors (Lipinski definition) is 2. The van der Waals surface area contributed by atoms with Crippen LogP contribution in [0, 0.1) is 0 Å². The Kier molecular flexibility index (Phi) is 11.2. The molecule has 0 aliphatic rings. The van der Waals surface area contributed by atoms with Crippen LogP contribution in [0.1, 0.15) is 22.8 Å². The molecule has 202 valence electrons. The molecule has 2 amide bonds. The Labute approximate surface area is 232 Å². The monoisotopic (exact) mass is 546 g/mol. The van der Waals surface area contributed by atoms with Gasteiger partial charge in [-0.25, -0.2) is 4.79 Å². The molecule has 0 atom stereocenters. The van der Waals surface area contributed by atoms with Crippen LogP contribution in [-0.4, -0.2) is 44.4 Å². The van der Waals surface area contributed by atoms with Crippen LogP contribution in [0.2, 0.25) is 0 Å². The molecule has 3 aromatic carbocycles. The first-order valence-electron chi connectivity index (χ1n) is 12.1. The van der Waals surface area contributed by atoms with Gasteiger partial charge in [0.1, 0.15) is 5.70 Å². The van der Waals surface area contributed by atoms with Crippen molar-refractivity contribution in [2.75, 3.05) is 31.9 Å². The summed E-state index contributed by atoms with van der Waals surface area (Å²) in [6, 6.07) is 21.1. The predicted molar refractivity (Wildman–Crippen MR) is 153 cm³/mol. The number of benzene rings is 3. The Balaban J connectivity index is 1.78. The predicted octanol–water partition coefficient (Wildman–Crippen LogP) is 5.32. The number of amides is 2. The zero-order valence-electron chi connectivity index (χ0n) is 21.9. The van der Waals surface area contributed by atoms with Gasteiger partial charge in [0.15, 0.2) is 11.5 Å². The van der Waals surface area contributed by atoms with E-state index in [9.17, 15) is 14.4 Å². The van der Waals surface area contributed by atoms with E-state index < -0.39 is 11.8 Å². The summed E-state index contributed by atoms with van der Waals surface area (Å²) >= 11 is 1.53.